The van der Waals surface area contributed by atoms with Crippen LogP contribution in [0.5, 0.6) is 0 Å². The summed E-state index contributed by atoms with van der Waals surface area (Å²) in [6.07, 6.45) is 0.872. The smallest absolute Gasteiger partial charge is 0.345 e. The van der Waals surface area contributed by atoms with Crippen molar-refractivity contribution in [3.63, 3.8) is 0 Å². The van der Waals surface area contributed by atoms with Gasteiger partial charge in [-0.3, -0.25) is 0 Å². The van der Waals surface area contributed by atoms with E-state index >= 15 is 0 Å². The standard InChI is InChI=1S/C9H13NO2S/c1-4-6-5-7(9(11)12)13-8(6)10(2)3/h5H,4H2,1-3H3,(H,11,12). The Morgan fingerprint density at radius 3 is 2.54 bits per heavy atom. The van der Waals surface area contributed by atoms with E-state index in [1.807, 2.05) is 25.9 Å². The minimum absolute atomic E-state index is 0.417. The average Bonchev–Trinajstić information content (AvgIpc) is 2.47. The number of thiophene rings is 1. The summed E-state index contributed by atoms with van der Waals surface area (Å²) in [6, 6.07) is 1.75. The van der Waals surface area contributed by atoms with Crippen molar-refractivity contribution in [2.24, 2.45) is 0 Å². The van der Waals surface area contributed by atoms with Crippen LogP contribution >= 0.6 is 11.3 Å². The Balaban J connectivity index is 3.11. The molecular formula is C9H13NO2S. The lowest BCUT2D eigenvalue weighted by Crippen LogP contribution is -2.08. The van der Waals surface area contributed by atoms with E-state index < -0.39 is 5.97 Å². The summed E-state index contributed by atoms with van der Waals surface area (Å²) in [5.41, 5.74) is 1.10. The lowest BCUT2D eigenvalue weighted by atomic mass is 10.2. The monoisotopic (exact) mass is 199 g/mol. The number of rotatable bonds is 3. The first-order chi connectivity index (χ1) is 6.06. The van der Waals surface area contributed by atoms with E-state index in [1.165, 1.54) is 11.3 Å². The van der Waals surface area contributed by atoms with Crippen molar-refractivity contribution in [1.82, 2.24) is 0 Å². The molecule has 72 valence electrons. The summed E-state index contributed by atoms with van der Waals surface area (Å²) in [6.45, 7) is 2.03. The van der Waals surface area contributed by atoms with Gasteiger partial charge in [-0.05, 0) is 18.1 Å². The normalized spacial score (nSPS) is 10.1. The van der Waals surface area contributed by atoms with Gasteiger partial charge in [-0.25, -0.2) is 4.79 Å². The van der Waals surface area contributed by atoms with Crippen molar-refractivity contribution >= 4 is 22.3 Å². The van der Waals surface area contributed by atoms with E-state index in [4.69, 9.17) is 5.11 Å². The number of hydrogen-bond acceptors (Lipinski definition) is 3. The fourth-order valence-corrected chi connectivity index (χ4v) is 2.17. The van der Waals surface area contributed by atoms with Gasteiger partial charge in [-0.1, -0.05) is 6.92 Å². The molecule has 0 saturated carbocycles. The van der Waals surface area contributed by atoms with Crippen molar-refractivity contribution in [1.29, 1.82) is 0 Å². The van der Waals surface area contributed by atoms with Gasteiger partial charge in [-0.2, -0.15) is 0 Å². The van der Waals surface area contributed by atoms with Crippen molar-refractivity contribution in [3.05, 3.63) is 16.5 Å². The second-order valence-corrected chi connectivity index (χ2v) is 4.02. The summed E-state index contributed by atoms with van der Waals surface area (Å²) in [7, 11) is 3.85. The van der Waals surface area contributed by atoms with E-state index in [1.54, 1.807) is 6.07 Å². The van der Waals surface area contributed by atoms with Gasteiger partial charge in [0.15, 0.2) is 0 Å². The number of carboxylic acid groups (broad SMARTS) is 1. The summed E-state index contributed by atoms with van der Waals surface area (Å²) in [4.78, 5) is 13.1. The number of nitrogens with zero attached hydrogens (tertiary/aromatic N) is 1. The fourth-order valence-electron chi connectivity index (χ4n) is 1.16. The zero-order chi connectivity index (χ0) is 10.0. The molecule has 13 heavy (non-hydrogen) atoms. The van der Waals surface area contributed by atoms with Crippen LogP contribution in [0.2, 0.25) is 0 Å². The molecule has 4 heteroatoms. The zero-order valence-electron chi connectivity index (χ0n) is 8.00. The fraction of sp³-hybridized carbons (Fsp3) is 0.444. The quantitative estimate of drug-likeness (QED) is 0.810. The molecule has 0 aliphatic rings. The molecular weight excluding hydrogens is 186 g/mol. The van der Waals surface area contributed by atoms with Gasteiger partial charge in [0.1, 0.15) is 4.88 Å². The van der Waals surface area contributed by atoms with Crippen LogP contribution < -0.4 is 4.90 Å². The lowest BCUT2D eigenvalue weighted by molar-refractivity contribution is 0.0702. The van der Waals surface area contributed by atoms with Crippen molar-refractivity contribution in [2.45, 2.75) is 13.3 Å². The molecule has 1 N–H and O–H groups in total. The van der Waals surface area contributed by atoms with Crippen LogP contribution in [0.1, 0.15) is 22.2 Å². The minimum atomic E-state index is -0.840. The Hall–Kier alpha value is -1.03. The molecule has 0 bridgehead atoms. The number of hydrogen-bond donors (Lipinski definition) is 1. The highest BCUT2D eigenvalue weighted by Crippen LogP contribution is 2.30. The largest absolute Gasteiger partial charge is 0.477 e. The lowest BCUT2D eigenvalue weighted by Gasteiger charge is -2.10. The van der Waals surface area contributed by atoms with Crippen LogP contribution in [0.25, 0.3) is 0 Å². The van der Waals surface area contributed by atoms with E-state index in [-0.39, 0.29) is 0 Å². The first-order valence-electron chi connectivity index (χ1n) is 4.09. The molecule has 0 fully saturated rings. The number of anilines is 1. The van der Waals surface area contributed by atoms with Gasteiger partial charge in [-0.15, -0.1) is 11.3 Å². The number of carboxylic acids is 1. The molecule has 1 aromatic rings. The summed E-state index contributed by atoms with van der Waals surface area (Å²) in [5, 5.41) is 9.83. The molecule has 0 amide bonds. The average molecular weight is 199 g/mol. The van der Waals surface area contributed by atoms with Crippen LogP contribution in [0, 0.1) is 0 Å². The molecule has 1 heterocycles. The van der Waals surface area contributed by atoms with Crippen LogP contribution in [-0.2, 0) is 6.42 Å². The molecule has 0 radical (unpaired) electrons. The van der Waals surface area contributed by atoms with Crippen molar-refractivity contribution in [3.8, 4) is 0 Å². The number of carbonyl (C=O) groups is 1. The van der Waals surface area contributed by atoms with Crippen LogP contribution in [-0.4, -0.2) is 25.2 Å². The number of aromatic carboxylic acids is 1. The third-order valence-electron chi connectivity index (χ3n) is 1.78. The minimum Gasteiger partial charge on any atom is -0.477 e. The van der Waals surface area contributed by atoms with Gasteiger partial charge in [0.25, 0.3) is 0 Å². The molecule has 0 saturated heterocycles. The highest BCUT2D eigenvalue weighted by Gasteiger charge is 2.13. The first-order valence-corrected chi connectivity index (χ1v) is 4.91. The zero-order valence-corrected chi connectivity index (χ0v) is 8.81. The van der Waals surface area contributed by atoms with E-state index in [9.17, 15) is 4.79 Å². The maximum Gasteiger partial charge on any atom is 0.345 e. The molecule has 0 unspecified atom stereocenters. The molecule has 0 atom stereocenters. The van der Waals surface area contributed by atoms with E-state index in [0.29, 0.717) is 4.88 Å². The SMILES string of the molecule is CCc1cc(C(=O)O)sc1N(C)C. The second kappa shape index (κ2) is 3.79. The summed E-state index contributed by atoms with van der Waals surface area (Å²) >= 11 is 1.33. The molecule has 1 rings (SSSR count). The first kappa shape index (κ1) is 10.1. The third kappa shape index (κ3) is 2.01. The maximum atomic E-state index is 10.7. The third-order valence-corrected chi connectivity index (χ3v) is 3.12. The Morgan fingerprint density at radius 2 is 2.23 bits per heavy atom. The number of aryl methyl sites for hydroxylation is 1. The Morgan fingerprint density at radius 1 is 1.62 bits per heavy atom. The van der Waals surface area contributed by atoms with Crippen molar-refractivity contribution < 1.29 is 9.90 Å². The predicted octanol–water partition coefficient (Wildman–Crippen LogP) is 2.07. The predicted molar refractivity (Wildman–Crippen MR) is 55.0 cm³/mol. The van der Waals surface area contributed by atoms with Crippen LogP contribution in [0.15, 0.2) is 6.07 Å². The maximum absolute atomic E-state index is 10.7. The molecule has 3 nitrogen and oxygen atoms in total. The molecule has 0 aromatic carbocycles. The molecule has 0 aliphatic heterocycles. The highest BCUT2D eigenvalue weighted by atomic mass is 32.1. The van der Waals surface area contributed by atoms with E-state index in [0.717, 1.165) is 17.0 Å². The summed E-state index contributed by atoms with van der Waals surface area (Å²) in [5.74, 6) is -0.840. The molecule has 0 aliphatic carbocycles. The molecule has 0 spiro atoms. The Labute approximate surface area is 81.6 Å². The van der Waals surface area contributed by atoms with Crippen molar-refractivity contribution in [2.75, 3.05) is 19.0 Å². The van der Waals surface area contributed by atoms with Gasteiger partial charge in [0.2, 0.25) is 0 Å². The van der Waals surface area contributed by atoms with Gasteiger partial charge >= 0.3 is 5.97 Å². The molecule has 1 aromatic heterocycles. The van der Waals surface area contributed by atoms with E-state index in [2.05, 4.69) is 0 Å². The van der Waals surface area contributed by atoms with Crippen LogP contribution in [0.3, 0.4) is 0 Å². The summed E-state index contributed by atoms with van der Waals surface area (Å²) < 4.78 is 0. The second-order valence-electron chi connectivity index (χ2n) is 2.99. The van der Waals surface area contributed by atoms with Crippen LogP contribution in [0.4, 0.5) is 5.00 Å². The van der Waals surface area contributed by atoms with Gasteiger partial charge < -0.3 is 10.0 Å². The highest BCUT2D eigenvalue weighted by molar-refractivity contribution is 7.18. The van der Waals surface area contributed by atoms with Gasteiger partial charge in [0.05, 0.1) is 5.00 Å². The Bertz CT molecular complexity index is 317. The van der Waals surface area contributed by atoms with Gasteiger partial charge in [0, 0.05) is 14.1 Å². The Kier molecular flexibility index (Phi) is 2.93. The topological polar surface area (TPSA) is 40.5 Å².